The van der Waals surface area contributed by atoms with Crippen molar-refractivity contribution in [2.75, 3.05) is 26.6 Å². The molecule has 0 fully saturated rings. The fraction of sp³-hybridized carbons (Fsp3) is 0.150. The molecule has 0 bridgehead atoms. The second kappa shape index (κ2) is 10.1. The van der Waals surface area contributed by atoms with Gasteiger partial charge in [-0.2, -0.15) is 0 Å². The number of carbonyl (C=O) groups is 1. The van der Waals surface area contributed by atoms with Crippen LogP contribution in [0.1, 0.15) is 10.4 Å². The summed E-state index contributed by atoms with van der Waals surface area (Å²) in [5, 5.41) is 8.93. The monoisotopic (exact) mass is 497 g/mol. The second-order valence-corrected chi connectivity index (χ2v) is 8.09. The molecule has 1 heterocycles. The Bertz CT molecular complexity index is 1110. The van der Waals surface area contributed by atoms with E-state index >= 15 is 0 Å². The van der Waals surface area contributed by atoms with E-state index in [0.29, 0.717) is 38.1 Å². The third-order valence-electron chi connectivity index (χ3n) is 4.09. The van der Waals surface area contributed by atoms with Gasteiger partial charge in [0.05, 0.1) is 32.0 Å². The summed E-state index contributed by atoms with van der Waals surface area (Å²) in [6.45, 7) is 0. The third kappa shape index (κ3) is 5.37. The molecule has 0 radical (unpaired) electrons. The zero-order valence-corrected chi connectivity index (χ0v) is 19.8. The van der Waals surface area contributed by atoms with E-state index in [4.69, 9.17) is 49.6 Å². The first-order valence-electron chi connectivity index (χ1n) is 8.69. The van der Waals surface area contributed by atoms with Gasteiger partial charge >= 0.3 is 0 Å². The van der Waals surface area contributed by atoms with Gasteiger partial charge in [-0.25, -0.2) is 4.98 Å². The molecule has 31 heavy (non-hydrogen) atoms. The first-order valence-corrected chi connectivity index (χ1v) is 10.7. The van der Waals surface area contributed by atoms with Gasteiger partial charge in [0, 0.05) is 21.5 Å². The summed E-state index contributed by atoms with van der Waals surface area (Å²) in [6.07, 6.45) is 0. The molecule has 11 heteroatoms. The maximum Gasteiger partial charge on any atom is 0.257 e. The molecule has 7 nitrogen and oxygen atoms in total. The molecule has 0 aliphatic heterocycles. The Morgan fingerprint density at radius 3 is 2.32 bits per heavy atom. The summed E-state index contributed by atoms with van der Waals surface area (Å²) in [5.41, 5.74) is 1.68. The van der Waals surface area contributed by atoms with Crippen LogP contribution in [0.4, 0.5) is 5.13 Å². The minimum absolute atomic E-state index is 0.0851. The van der Waals surface area contributed by atoms with Crippen LogP contribution in [-0.2, 0) is 0 Å². The lowest BCUT2D eigenvalue weighted by molar-refractivity contribution is 0.0977. The Kier molecular flexibility index (Phi) is 7.55. The van der Waals surface area contributed by atoms with Crippen molar-refractivity contribution in [2.45, 2.75) is 0 Å². The molecule has 3 aromatic rings. The number of carbonyl (C=O) groups excluding carboxylic acids is 1. The lowest BCUT2D eigenvalue weighted by Crippen LogP contribution is -2.34. The van der Waals surface area contributed by atoms with Crippen molar-refractivity contribution in [1.82, 2.24) is 10.3 Å². The summed E-state index contributed by atoms with van der Waals surface area (Å²) >= 11 is 18.7. The van der Waals surface area contributed by atoms with Crippen molar-refractivity contribution in [3.63, 3.8) is 0 Å². The van der Waals surface area contributed by atoms with Crippen LogP contribution in [0, 0.1) is 0 Å². The highest BCUT2D eigenvalue weighted by Crippen LogP contribution is 2.38. The van der Waals surface area contributed by atoms with Gasteiger partial charge in [-0.1, -0.05) is 23.2 Å². The molecule has 0 saturated carbocycles. The van der Waals surface area contributed by atoms with Crippen molar-refractivity contribution < 1.29 is 19.0 Å². The fourth-order valence-electron chi connectivity index (χ4n) is 2.67. The summed E-state index contributed by atoms with van der Waals surface area (Å²) in [7, 11) is 4.43. The second-order valence-electron chi connectivity index (χ2n) is 5.98. The van der Waals surface area contributed by atoms with E-state index in [1.54, 1.807) is 18.2 Å². The SMILES string of the molecule is COc1cc(C(=O)NC(=S)Nc2nc(-c3ccc(Cl)cc3Cl)cs2)cc(OC)c1OC. The number of amides is 1. The van der Waals surface area contributed by atoms with Gasteiger partial charge in [-0.3, -0.25) is 10.1 Å². The molecule has 0 spiro atoms. The van der Waals surface area contributed by atoms with Crippen LogP contribution in [0.5, 0.6) is 17.2 Å². The topological polar surface area (TPSA) is 81.7 Å². The number of halogens is 2. The molecule has 1 amide bonds. The zero-order valence-electron chi connectivity index (χ0n) is 16.6. The van der Waals surface area contributed by atoms with Crippen LogP contribution in [0.3, 0.4) is 0 Å². The first-order chi connectivity index (χ1) is 14.9. The highest BCUT2D eigenvalue weighted by atomic mass is 35.5. The molecule has 0 atom stereocenters. The summed E-state index contributed by atoms with van der Waals surface area (Å²) < 4.78 is 15.8. The smallest absolute Gasteiger partial charge is 0.257 e. The third-order valence-corrected chi connectivity index (χ3v) is 5.60. The molecule has 162 valence electrons. The molecular weight excluding hydrogens is 481 g/mol. The van der Waals surface area contributed by atoms with Crippen LogP contribution in [0.15, 0.2) is 35.7 Å². The number of hydrogen-bond acceptors (Lipinski definition) is 7. The number of aromatic nitrogens is 1. The minimum atomic E-state index is -0.450. The van der Waals surface area contributed by atoms with E-state index in [-0.39, 0.29) is 10.7 Å². The summed E-state index contributed by atoms with van der Waals surface area (Å²) in [4.78, 5) is 17.1. The number of ether oxygens (including phenoxy) is 3. The van der Waals surface area contributed by atoms with E-state index in [0.717, 1.165) is 5.56 Å². The molecular formula is C20H17Cl2N3O4S2. The quantitative estimate of drug-likeness (QED) is 0.448. The molecule has 0 saturated heterocycles. The average molecular weight is 498 g/mol. The first kappa shape index (κ1) is 23.1. The van der Waals surface area contributed by atoms with Gasteiger partial charge in [0.25, 0.3) is 5.91 Å². The van der Waals surface area contributed by atoms with Crippen LogP contribution in [0.2, 0.25) is 10.0 Å². The summed E-state index contributed by atoms with van der Waals surface area (Å²) in [6, 6.07) is 8.23. The zero-order chi connectivity index (χ0) is 22.5. The Morgan fingerprint density at radius 2 is 1.74 bits per heavy atom. The molecule has 2 N–H and O–H groups in total. The Balaban J connectivity index is 1.71. The Hall–Kier alpha value is -2.59. The number of hydrogen-bond donors (Lipinski definition) is 2. The van der Waals surface area contributed by atoms with Crippen molar-refractivity contribution in [3.8, 4) is 28.5 Å². The van der Waals surface area contributed by atoms with Gasteiger partial charge in [0.15, 0.2) is 21.7 Å². The average Bonchev–Trinajstić information content (AvgIpc) is 3.20. The number of thiazole rings is 1. The summed E-state index contributed by atoms with van der Waals surface area (Å²) in [5.74, 6) is 0.651. The van der Waals surface area contributed by atoms with Crippen molar-refractivity contribution in [1.29, 1.82) is 0 Å². The highest BCUT2D eigenvalue weighted by Gasteiger charge is 2.18. The number of rotatable bonds is 6. The van der Waals surface area contributed by atoms with Crippen LogP contribution in [-0.4, -0.2) is 37.3 Å². The highest BCUT2D eigenvalue weighted by molar-refractivity contribution is 7.80. The van der Waals surface area contributed by atoms with E-state index in [9.17, 15) is 4.79 Å². The number of benzene rings is 2. The van der Waals surface area contributed by atoms with Crippen molar-refractivity contribution >= 4 is 62.9 Å². The molecule has 0 unspecified atom stereocenters. The van der Waals surface area contributed by atoms with E-state index in [1.165, 1.54) is 44.8 Å². The van der Waals surface area contributed by atoms with E-state index < -0.39 is 5.91 Å². The lowest BCUT2D eigenvalue weighted by Gasteiger charge is -2.14. The van der Waals surface area contributed by atoms with Gasteiger partial charge in [-0.05, 0) is 42.5 Å². The molecule has 0 aliphatic carbocycles. The van der Waals surface area contributed by atoms with Crippen LogP contribution in [0.25, 0.3) is 11.3 Å². The molecule has 0 aliphatic rings. The number of nitrogens with one attached hydrogen (secondary N) is 2. The van der Waals surface area contributed by atoms with Gasteiger partial charge in [0.2, 0.25) is 5.75 Å². The number of nitrogens with zero attached hydrogens (tertiary/aromatic N) is 1. The van der Waals surface area contributed by atoms with Crippen LogP contribution < -0.4 is 24.8 Å². The van der Waals surface area contributed by atoms with Crippen molar-refractivity contribution in [2.24, 2.45) is 0 Å². The fourth-order valence-corrected chi connectivity index (χ4v) is 4.14. The lowest BCUT2D eigenvalue weighted by atomic mass is 10.1. The normalized spacial score (nSPS) is 10.4. The van der Waals surface area contributed by atoms with Crippen molar-refractivity contribution in [3.05, 3.63) is 51.3 Å². The van der Waals surface area contributed by atoms with E-state index in [1.807, 2.05) is 5.38 Å². The Morgan fingerprint density at radius 1 is 1.06 bits per heavy atom. The molecule has 3 rings (SSSR count). The van der Waals surface area contributed by atoms with Gasteiger partial charge < -0.3 is 19.5 Å². The number of thiocarbonyl (C=S) groups is 1. The molecule has 1 aromatic heterocycles. The molecule has 2 aromatic carbocycles. The number of methoxy groups -OCH3 is 3. The predicted octanol–water partition coefficient (Wildman–Crippen LogP) is 5.27. The Labute approximate surface area is 198 Å². The maximum absolute atomic E-state index is 12.6. The predicted molar refractivity (Wildman–Crippen MR) is 127 cm³/mol. The standard InChI is InChI=1S/C20H17Cl2N3O4S2/c1-27-15-6-10(7-16(28-2)17(15)29-3)18(26)24-19(30)25-20-23-14(9-31-20)12-5-4-11(21)8-13(12)22/h4-9H,1-3H3,(H2,23,24,25,26,30). The van der Waals surface area contributed by atoms with E-state index in [2.05, 4.69) is 15.6 Å². The van der Waals surface area contributed by atoms with Crippen LogP contribution >= 0.6 is 46.8 Å². The maximum atomic E-state index is 12.6. The largest absolute Gasteiger partial charge is 0.493 e. The van der Waals surface area contributed by atoms with Gasteiger partial charge in [-0.15, -0.1) is 11.3 Å². The van der Waals surface area contributed by atoms with Gasteiger partial charge in [0.1, 0.15) is 0 Å². The minimum Gasteiger partial charge on any atom is -0.493 e. The number of anilines is 1.